The summed E-state index contributed by atoms with van der Waals surface area (Å²) in [4.78, 5) is 25.2. The molecule has 0 spiro atoms. The molecule has 0 amide bonds. The molecule has 1 aliphatic heterocycles. The van der Waals surface area contributed by atoms with Gasteiger partial charge < -0.3 is 34.3 Å². The zero-order valence-corrected chi connectivity index (χ0v) is 35.2. The summed E-state index contributed by atoms with van der Waals surface area (Å²) in [6.45, 7) is 3.54. The van der Waals surface area contributed by atoms with Crippen molar-refractivity contribution < 1.29 is 56.8 Å². The summed E-state index contributed by atoms with van der Waals surface area (Å²) in [5.74, 6) is -2.10. The molecule has 1 heterocycles. The average Bonchev–Trinajstić information content (AvgIpc) is 3.17. The number of hydrogen-bond donors (Lipinski definition) is 4. The van der Waals surface area contributed by atoms with E-state index in [0.29, 0.717) is 19.3 Å². The molecule has 1 aliphatic rings. The third-order valence-corrected chi connectivity index (χ3v) is 9.81. The molecule has 1 saturated heterocycles. The van der Waals surface area contributed by atoms with E-state index >= 15 is 0 Å². The van der Waals surface area contributed by atoms with Crippen LogP contribution < -0.4 is 0 Å². The molecular formula is C44H72O12S. The maximum atomic E-state index is 12.7. The number of carbonyl (C=O) groups is 2. The molecule has 4 N–H and O–H groups in total. The highest BCUT2D eigenvalue weighted by molar-refractivity contribution is 7.85. The standard InChI is InChI=1S/C44H72O12S/c1-3-5-7-9-11-13-15-16-17-18-19-20-21-22-23-25-27-29-31-33-40(46)55-37(34-53-39(45)32-30-28-26-24-14-12-10-8-6-4-2)35-54-44-43(49)42(48)41(47)38(56-44)36-57(50,51)52/h5,7,11,13,16-17,19-20,22-23,27,29,37-38,41-44,47-49H,3-4,6,8-10,12,14-15,18,21,24-26,28,30-36H2,1-2H3,(H,50,51,52)/b7-5-,13-11-,17-16-,20-19-,23-22-,29-27-. The van der Waals surface area contributed by atoms with E-state index in [1.807, 2.05) is 18.2 Å². The van der Waals surface area contributed by atoms with Crippen LogP contribution in [-0.4, -0.2) is 96.0 Å². The van der Waals surface area contributed by atoms with Crippen LogP contribution >= 0.6 is 0 Å². The van der Waals surface area contributed by atoms with E-state index in [1.165, 1.54) is 38.5 Å². The quantitative estimate of drug-likeness (QED) is 0.0217. The first-order valence-corrected chi connectivity index (χ1v) is 22.6. The Labute approximate surface area is 342 Å². The Bertz CT molecular complexity index is 1340. The van der Waals surface area contributed by atoms with Crippen molar-refractivity contribution in [2.24, 2.45) is 0 Å². The fourth-order valence-electron chi connectivity index (χ4n) is 5.82. The molecule has 13 heteroatoms. The Morgan fingerprint density at radius 2 is 1.11 bits per heavy atom. The van der Waals surface area contributed by atoms with Crippen molar-refractivity contribution in [2.75, 3.05) is 19.0 Å². The second kappa shape index (κ2) is 34.0. The van der Waals surface area contributed by atoms with E-state index in [4.69, 9.17) is 18.9 Å². The van der Waals surface area contributed by atoms with Crippen LogP contribution in [0.2, 0.25) is 0 Å². The van der Waals surface area contributed by atoms with Crippen LogP contribution in [0.15, 0.2) is 72.9 Å². The van der Waals surface area contributed by atoms with Crippen LogP contribution in [0.3, 0.4) is 0 Å². The Morgan fingerprint density at radius 3 is 1.61 bits per heavy atom. The van der Waals surface area contributed by atoms with Gasteiger partial charge in [0, 0.05) is 12.8 Å². The van der Waals surface area contributed by atoms with Gasteiger partial charge in [0.25, 0.3) is 10.1 Å². The SMILES string of the molecule is CC/C=C\C/C=C\C/C=C\C/C=C\C/C=C\C/C=C\CCC(=O)OC(COC(=O)CCCCCCCCCCCC)COC1OC(CS(=O)(=O)O)C(O)C(O)C1O. The van der Waals surface area contributed by atoms with Crippen LogP contribution in [0.25, 0.3) is 0 Å². The van der Waals surface area contributed by atoms with E-state index in [9.17, 15) is 37.9 Å². The first kappa shape index (κ1) is 52.1. The lowest BCUT2D eigenvalue weighted by molar-refractivity contribution is -0.297. The zero-order chi connectivity index (χ0) is 42.0. The molecule has 326 valence electrons. The highest BCUT2D eigenvalue weighted by Crippen LogP contribution is 2.24. The molecule has 0 saturated carbocycles. The van der Waals surface area contributed by atoms with Gasteiger partial charge in [-0.05, 0) is 51.4 Å². The zero-order valence-electron chi connectivity index (χ0n) is 34.4. The number of aliphatic hydroxyl groups excluding tert-OH is 3. The van der Waals surface area contributed by atoms with E-state index in [2.05, 4.69) is 68.5 Å². The number of ether oxygens (including phenoxy) is 4. The lowest BCUT2D eigenvalue weighted by atomic mass is 10.00. The third kappa shape index (κ3) is 29.0. The molecular weight excluding hydrogens is 753 g/mol. The lowest BCUT2D eigenvalue weighted by Gasteiger charge is -2.40. The summed E-state index contributed by atoms with van der Waals surface area (Å²) >= 11 is 0. The van der Waals surface area contributed by atoms with Crippen LogP contribution in [0.4, 0.5) is 0 Å². The Balaban J connectivity index is 2.54. The molecule has 6 unspecified atom stereocenters. The van der Waals surface area contributed by atoms with Gasteiger partial charge in [0.05, 0.1) is 6.61 Å². The van der Waals surface area contributed by atoms with Gasteiger partial charge in [-0.1, -0.05) is 145 Å². The van der Waals surface area contributed by atoms with Gasteiger partial charge in [-0.3, -0.25) is 14.1 Å². The molecule has 0 aliphatic carbocycles. The van der Waals surface area contributed by atoms with Crippen LogP contribution in [0.5, 0.6) is 0 Å². The number of esters is 2. The van der Waals surface area contributed by atoms with Crippen molar-refractivity contribution in [2.45, 2.75) is 173 Å². The van der Waals surface area contributed by atoms with Crippen LogP contribution in [0.1, 0.15) is 136 Å². The second-order valence-corrected chi connectivity index (χ2v) is 15.8. The monoisotopic (exact) mass is 824 g/mol. The molecule has 0 radical (unpaired) electrons. The second-order valence-electron chi connectivity index (χ2n) is 14.3. The molecule has 12 nitrogen and oxygen atoms in total. The minimum absolute atomic E-state index is 0.0368. The summed E-state index contributed by atoms with van der Waals surface area (Å²) < 4.78 is 53.8. The lowest BCUT2D eigenvalue weighted by Crippen LogP contribution is -2.60. The minimum Gasteiger partial charge on any atom is -0.462 e. The van der Waals surface area contributed by atoms with Crippen molar-refractivity contribution in [3.05, 3.63) is 72.9 Å². The van der Waals surface area contributed by atoms with Gasteiger partial charge in [0.1, 0.15) is 36.8 Å². The summed E-state index contributed by atoms with van der Waals surface area (Å²) in [6, 6.07) is 0. The average molecular weight is 825 g/mol. The van der Waals surface area contributed by atoms with Gasteiger partial charge >= 0.3 is 11.9 Å². The highest BCUT2D eigenvalue weighted by atomic mass is 32.2. The number of aliphatic hydroxyl groups is 3. The predicted molar refractivity (Wildman–Crippen MR) is 224 cm³/mol. The number of allylic oxidation sites excluding steroid dienone is 12. The van der Waals surface area contributed by atoms with E-state index in [0.717, 1.165) is 51.4 Å². The van der Waals surface area contributed by atoms with Gasteiger partial charge in [0.2, 0.25) is 0 Å². The van der Waals surface area contributed by atoms with Crippen molar-refractivity contribution in [1.29, 1.82) is 0 Å². The molecule has 0 bridgehead atoms. The molecule has 0 aromatic heterocycles. The molecule has 57 heavy (non-hydrogen) atoms. The Morgan fingerprint density at radius 1 is 0.614 bits per heavy atom. The Hall–Kier alpha value is -2.91. The van der Waals surface area contributed by atoms with Gasteiger partial charge in [-0.2, -0.15) is 8.42 Å². The molecule has 6 atom stereocenters. The van der Waals surface area contributed by atoms with Crippen molar-refractivity contribution >= 4 is 22.1 Å². The number of unbranched alkanes of at least 4 members (excludes halogenated alkanes) is 9. The largest absolute Gasteiger partial charge is 0.462 e. The maximum absolute atomic E-state index is 12.7. The summed E-state index contributed by atoms with van der Waals surface area (Å²) in [5.41, 5.74) is 0. The summed E-state index contributed by atoms with van der Waals surface area (Å²) in [6.07, 6.45) is 32.6. The maximum Gasteiger partial charge on any atom is 0.306 e. The Kier molecular flexibility index (Phi) is 31.1. The van der Waals surface area contributed by atoms with Crippen molar-refractivity contribution in [1.82, 2.24) is 0 Å². The fraction of sp³-hybridized carbons (Fsp3) is 0.682. The van der Waals surface area contributed by atoms with E-state index < -0.39 is 71.2 Å². The number of rotatable bonds is 33. The van der Waals surface area contributed by atoms with Crippen molar-refractivity contribution in [3.63, 3.8) is 0 Å². The van der Waals surface area contributed by atoms with E-state index in [1.54, 1.807) is 0 Å². The molecule has 1 rings (SSSR count). The third-order valence-electron chi connectivity index (χ3n) is 9.06. The molecule has 0 aromatic rings. The highest BCUT2D eigenvalue weighted by Gasteiger charge is 2.46. The number of carbonyl (C=O) groups excluding carboxylic acids is 2. The first-order chi connectivity index (χ1) is 27.5. The van der Waals surface area contributed by atoms with Gasteiger partial charge in [-0.25, -0.2) is 0 Å². The minimum atomic E-state index is -4.61. The van der Waals surface area contributed by atoms with Crippen molar-refractivity contribution in [3.8, 4) is 0 Å². The summed E-state index contributed by atoms with van der Waals surface area (Å²) in [5, 5.41) is 30.8. The normalized spacial score (nSPS) is 21.3. The fourth-order valence-corrected chi connectivity index (χ4v) is 6.51. The topological polar surface area (TPSA) is 186 Å². The van der Waals surface area contributed by atoms with Gasteiger partial charge in [0.15, 0.2) is 12.4 Å². The predicted octanol–water partition coefficient (Wildman–Crippen LogP) is 7.94. The summed E-state index contributed by atoms with van der Waals surface area (Å²) in [7, 11) is -4.61. The number of hydrogen-bond acceptors (Lipinski definition) is 11. The molecule has 0 aromatic carbocycles. The van der Waals surface area contributed by atoms with Crippen LogP contribution in [-0.2, 0) is 38.7 Å². The first-order valence-electron chi connectivity index (χ1n) is 21.0. The molecule has 1 fully saturated rings. The van der Waals surface area contributed by atoms with E-state index in [-0.39, 0.29) is 19.4 Å². The van der Waals surface area contributed by atoms with Gasteiger partial charge in [-0.15, -0.1) is 0 Å². The van der Waals surface area contributed by atoms with Crippen LogP contribution in [0, 0.1) is 0 Å². The smallest absolute Gasteiger partial charge is 0.306 e.